The Balaban J connectivity index is 2.05. The molecule has 0 bridgehead atoms. The highest BCUT2D eigenvalue weighted by molar-refractivity contribution is 7.81. The molecule has 86 valence electrons. The summed E-state index contributed by atoms with van der Waals surface area (Å²) in [5.41, 5.74) is 0. The van der Waals surface area contributed by atoms with Gasteiger partial charge in [-0.3, -0.25) is 9.59 Å². The Morgan fingerprint density at radius 1 is 1.47 bits per heavy atom. The van der Waals surface area contributed by atoms with E-state index in [1.807, 2.05) is 4.90 Å². The second kappa shape index (κ2) is 6.00. The molecule has 0 aromatic rings. The number of carboxylic acid groups (broad SMARTS) is 1. The van der Waals surface area contributed by atoms with Crippen LogP contribution in [0.5, 0.6) is 0 Å². The minimum Gasteiger partial charge on any atom is -0.481 e. The van der Waals surface area contributed by atoms with Crippen LogP contribution in [0.4, 0.5) is 0 Å². The zero-order chi connectivity index (χ0) is 11.3. The van der Waals surface area contributed by atoms with Crippen LogP contribution in [0.15, 0.2) is 0 Å². The standard InChI is InChI=1S/C10H17NO3S/c12-9-6-8(15)7-11(9)5-3-1-2-4-10(13)14/h8,15H,1-7H2,(H,13,14). The van der Waals surface area contributed by atoms with E-state index in [0.717, 1.165) is 25.9 Å². The smallest absolute Gasteiger partial charge is 0.303 e. The number of thiol groups is 1. The fraction of sp³-hybridized carbons (Fsp3) is 0.800. The van der Waals surface area contributed by atoms with Crippen molar-refractivity contribution in [2.24, 2.45) is 0 Å². The lowest BCUT2D eigenvalue weighted by Crippen LogP contribution is -2.26. The lowest BCUT2D eigenvalue weighted by Gasteiger charge is -2.15. The molecule has 1 aliphatic heterocycles. The molecule has 5 heteroatoms. The molecule has 4 nitrogen and oxygen atoms in total. The third kappa shape index (κ3) is 4.55. The van der Waals surface area contributed by atoms with E-state index in [2.05, 4.69) is 12.6 Å². The summed E-state index contributed by atoms with van der Waals surface area (Å²) in [6.07, 6.45) is 3.22. The van der Waals surface area contributed by atoms with E-state index in [4.69, 9.17) is 5.11 Å². The molecular weight excluding hydrogens is 214 g/mol. The number of hydrogen-bond acceptors (Lipinski definition) is 3. The molecule has 0 radical (unpaired) electrons. The Morgan fingerprint density at radius 2 is 2.20 bits per heavy atom. The zero-order valence-electron chi connectivity index (χ0n) is 8.69. The average molecular weight is 231 g/mol. The van der Waals surface area contributed by atoms with E-state index in [1.54, 1.807) is 0 Å². The van der Waals surface area contributed by atoms with Gasteiger partial charge in [0.15, 0.2) is 0 Å². The minimum absolute atomic E-state index is 0.174. The SMILES string of the molecule is O=C(O)CCCCCN1CC(S)CC1=O. The van der Waals surface area contributed by atoms with Crippen molar-refractivity contribution in [1.29, 1.82) is 0 Å². The topological polar surface area (TPSA) is 57.6 Å². The Bertz CT molecular complexity index is 245. The summed E-state index contributed by atoms with van der Waals surface area (Å²) < 4.78 is 0. The summed E-state index contributed by atoms with van der Waals surface area (Å²) in [5.74, 6) is -0.573. The van der Waals surface area contributed by atoms with E-state index in [1.165, 1.54) is 0 Å². The van der Waals surface area contributed by atoms with Gasteiger partial charge in [0.2, 0.25) is 5.91 Å². The van der Waals surface area contributed by atoms with Crippen LogP contribution in [0.2, 0.25) is 0 Å². The summed E-state index contributed by atoms with van der Waals surface area (Å²) in [4.78, 5) is 23.4. The number of rotatable bonds is 6. The summed E-state index contributed by atoms with van der Waals surface area (Å²) in [7, 11) is 0. The van der Waals surface area contributed by atoms with Crippen molar-refractivity contribution in [2.75, 3.05) is 13.1 Å². The summed E-state index contributed by atoms with van der Waals surface area (Å²) in [6.45, 7) is 1.48. The third-order valence-corrected chi connectivity index (χ3v) is 2.86. The third-order valence-electron chi connectivity index (χ3n) is 2.51. The molecule has 0 aromatic carbocycles. The fourth-order valence-electron chi connectivity index (χ4n) is 1.72. The first-order valence-electron chi connectivity index (χ1n) is 5.27. The number of aliphatic carboxylic acids is 1. The monoisotopic (exact) mass is 231 g/mol. The molecule has 1 fully saturated rings. The van der Waals surface area contributed by atoms with Gasteiger partial charge in [-0.1, -0.05) is 6.42 Å². The normalized spacial score (nSPS) is 21.0. The number of likely N-dealkylation sites (tertiary alicyclic amines) is 1. The van der Waals surface area contributed by atoms with Crippen LogP contribution in [0.3, 0.4) is 0 Å². The molecule has 1 amide bonds. The zero-order valence-corrected chi connectivity index (χ0v) is 9.58. The number of hydrogen-bond donors (Lipinski definition) is 2. The van der Waals surface area contributed by atoms with Crippen LogP contribution in [0.25, 0.3) is 0 Å². The second-order valence-corrected chi connectivity index (χ2v) is 4.63. The fourth-order valence-corrected chi connectivity index (χ4v) is 2.08. The molecule has 1 rings (SSSR count). The molecule has 0 aliphatic carbocycles. The molecule has 1 atom stereocenters. The van der Waals surface area contributed by atoms with E-state index in [9.17, 15) is 9.59 Å². The highest BCUT2D eigenvalue weighted by Crippen LogP contribution is 2.16. The van der Waals surface area contributed by atoms with Gasteiger partial charge in [-0.05, 0) is 12.8 Å². The lowest BCUT2D eigenvalue weighted by molar-refractivity contribution is -0.137. The average Bonchev–Trinajstić information content (AvgIpc) is 2.44. The van der Waals surface area contributed by atoms with Crippen LogP contribution >= 0.6 is 12.6 Å². The van der Waals surface area contributed by atoms with E-state index >= 15 is 0 Å². The van der Waals surface area contributed by atoms with Crippen LogP contribution in [0.1, 0.15) is 32.1 Å². The number of carbonyl (C=O) groups excluding carboxylic acids is 1. The molecule has 1 N–H and O–H groups in total. The van der Waals surface area contributed by atoms with Gasteiger partial charge in [-0.25, -0.2) is 0 Å². The maximum atomic E-state index is 11.3. The quantitative estimate of drug-likeness (QED) is 0.533. The minimum atomic E-state index is -0.748. The highest BCUT2D eigenvalue weighted by atomic mass is 32.1. The van der Waals surface area contributed by atoms with Gasteiger partial charge < -0.3 is 10.0 Å². The van der Waals surface area contributed by atoms with Gasteiger partial charge in [0, 0.05) is 31.2 Å². The molecule has 1 saturated heterocycles. The van der Waals surface area contributed by atoms with Gasteiger partial charge in [-0.15, -0.1) is 0 Å². The second-order valence-electron chi connectivity index (χ2n) is 3.90. The maximum Gasteiger partial charge on any atom is 0.303 e. The number of carbonyl (C=O) groups is 2. The van der Waals surface area contributed by atoms with Gasteiger partial charge >= 0.3 is 5.97 Å². The number of amides is 1. The summed E-state index contributed by atoms with van der Waals surface area (Å²) >= 11 is 4.26. The molecule has 0 saturated carbocycles. The van der Waals surface area contributed by atoms with Gasteiger partial charge in [0.05, 0.1) is 0 Å². The Morgan fingerprint density at radius 3 is 2.73 bits per heavy atom. The van der Waals surface area contributed by atoms with Crippen molar-refractivity contribution >= 4 is 24.5 Å². The number of nitrogens with zero attached hydrogens (tertiary/aromatic N) is 1. The predicted octanol–water partition coefficient (Wildman–Crippen LogP) is 1.16. The summed E-state index contributed by atoms with van der Waals surface area (Å²) in [5, 5.41) is 8.60. The Kier molecular flexibility index (Phi) is 4.94. The van der Waals surface area contributed by atoms with Crippen molar-refractivity contribution in [3.8, 4) is 0 Å². The Hall–Kier alpha value is -0.710. The van der Waals surface area contributed by atoms with Crippen LogP contribution in [-0.4, -0.2) is 40.2 Å². The van der Waals surface area contributed by atoms with Crippen LogP contribution < -0.4 is 0 Å². The lowest BCUT2D eigenvalue weighted by atomic mass is 10.2. The van der Waals surface area contributed by atoms with Crippen molar-refractivity contribution in [3.05, 3.63) is 0 Å². The number of carboxylic acids is 1. The summed E-state index contributed by atoms with van der Waals surface area (Å²) in [6, 6.07) is 0. The number of unbranched alkanes of at least 4 members (excludes halogenated alkanes) is 2. The van der Waals surface area contributed by atoms with Gasteiger partial charge in [0.1, 0.15) is 0 Å². The highest BCUT2D eigenvalue weighted by Gasteiger charge is 2.26. The van der Waals surface area contributed by atoms with Crippen LogP contribution in [-0.2, 0) is 9.59 Å². The first kappa shape index (κ1) is 12.4. The molecule has 1 unspecified atom stereocenters. The largest absolute Gasteiger partial charge is 0.481 e. The molecule has 1 aliphatic rings. The molecule has 0 spiro atoms. The molecule has 15 heavy (non-hydrogen) atoms. The van der Waals surface area contributed by atoms with Crippen molar-refractivity contribution < 1.29 is 14.7 Å². The van der Waals surface area contributed by atoms with Crippen molar-refractivity contribution in [1.82, 2.24) is 4.90 Å². The van der Waals surface area contributed by atoms with E-state index in [-0.39, 0.29) is 17.6 Å². The molecule has 0 aromatic heterocycles. The van der Waals surface area contributed by atoms with Gasteiger partial charge in [0.25, 0.3) is 0 Å². The first-order chi connectivity index (χ1) is 7.09. The van der Waals surface area contributed by atoms with Gasteiger partial charge in [-0.2, -0.15) is 12.6 Å². The maximum absolute atomic E-state index is 11.3. The van der Waals surface area contributed by atoms with Crippen LogP contribution in [0, 0.1) is 0 Å². The predicted molar refractivity (Wildman–Crippen MR) is 60.1 cm³/mol. The molecule has 1 heterocycles. The van der Waals surface area contributed by atoms with Crippen molar-refractivity contribution in [2.45, 2.75) is 37.4 Å². The Labute approximate surface area is 95.1 Å². The van der Waals surface area contributed by atoms with E-state index < -0.39 is 5.97 Å². The first-order valence-corrected chi connectivity index (χ1v) is 5.79. The van der Waals surface area contributed by atoms with E-state index in [0.29, 0.717) is 12.8 Å². The molecular formula is C10H17NO3S. The van der Waals surface area contributed by atoms with Crippen molar-refractivity contribution in [3.63, 3.8) is 0 Å².